The van der Waals surface area contributed by atoms with Crippen molar-refractivity contribution in [2.75, 3.05) is 19.6 Å². The first kappa shape index (κ1) is 15.0. The number of hydrogen-bond acceptors (Lipinski definition) is 1. The van der Waals surface area contributed by atoms with E-state index in [4.69, 9.17) is 0 Å². The fourth-order valence-electron chi connectivity index (χ4n) is 3.08. The summed E-state index contributed by atoms with van der Waals surface area (Å²) in [5, 5.41) is 0. The van der Waals surface area contributed by atoms with E-state index in [1.165, 1.54) is 71.0 Å². The first-order valence-electron chi connectivity index (χ1n) is 7.96. The molecular weight excluding hydrogens is 206 g/mol. The van der Waals surface area contributed by atoms with Crippen molar-refractivity contribution >= 4 is 0 Å². The van der Waals surface area contributed by atoms with E-state index in [9.17, 15) is 0 Å². The molecular formula is C16H33N. The largest absolute Gasteiger partial charge is 0.304 e. The third-order valence-corrected chi connectivity index (χ3v) is 4.49. The van der Waals surface area contributed by atoms with Crippen LogP contribution in [-0.4, -0.2) is 24.5 Å². The summed E-state index contributed by atoms with van der Waals surface area (Å²) in [6.45, 7) is 10.9. The van der Waals surface area contributed by atoms with Crippen molar-refractivity contribution in [2.24, 2.45) is 11.8 Å². The smallest absolute Gasteiger partial charge is 0.00188 e. The van der Waals surface area contributed by atoms with Gasteiger partial charge >= 0.3 is 0 Å². The van der Waals surface area contributed by atoms with Gasteiger partial charge in [-0.1, -0.05) is 59.3 Å². The van der Waals surface area contributed by atoms with Crippen molar-refractivity contribution < 1.29 is 0 Å². The number of nitrogens with zero attached hydrogens (tertiary/aromatic N) is 1. The van der Waals surface area contributed by atoms with E-state index in [2.05, 4.69) is 25.7 Å². The van der Waals surface area contributed by atoms with Crippen LogP contribution >= 0.6 is 0 Å². The van der Waals surface area contributed by atoms with Crippen LogP contribution in [0.1, 0.15) is 72.1 Å². The maximum atomic E-state index is 2.52. The van der Waals surface area contributed by atoms with Crippen LogP contribution in [0.5, 0.6) is 0 Å². The molecule has 102 valence electrons. The number of likely N-dealkylation sites (tertiary alicyclic amines) is 1. The van der Waals surface area contributed by atoms with Crippen LogP contribution in [0.2, 0.25) is 0 Å². The Hall–Kier alpha value is -0.0400. The zero-order valence-corrected chi connectivity index (χ0v) is 12.4. The SMILES string of the molecule is CC(C)C1CCCCC1.CCN1CCCCC1. The summed E-state index contributed by atoms with van der Waals surface area (Å²) in [6, 6.07) is 0. The molecule has 1 heterocycles. The van der Waals surface area contributed by atoms with Gasteiger partial charge in [-0.05, 0) is 44.3 Å². The quantitative estimate of drug-likeness (QED) is 0.674. The first-order chi connectivity index (χ1) is 8.24. The molecule has 17 heavy (non-hydrogen) atoms. The molecule has 1 saturated carbocycles. The molecule has 0 unspecified atom stereocenters. The first-order valence-corrected chi connectivity index (χ1v) is 7.96. The second-order valence-corrected chi connectivity index (χ2v) is 6.14. The lowest BCUT2D eigenvalue weighted by Crippen LogP contribution is -2.29. The van der Waals surface area contributed by atoms with Gasteiger partial charge in [-0.3, -0.25) is 0 Å². The van der Waals surface area contributed by atoms with Crippen LogP contribution in [-0.2, 0) is 0 Å². The van der Waals surface area contributed by atoms with Gasteiger partial charge in [0.1, 0.15) is 0 Å². The minimum Gasteiger partial charge on any atom is -0.304 e. The molecule has 0 amide bonds. The van der Waals surface area contributed by atoms with Crippen molar-refractivity contribution in [3.05, 3.63) is 0 Å². The van der Waals surface area contributed by atoms with Gasteiger partial charge in [0.15, 0.2) is 0 Å². The van der Waals surface area contributed by atoms with Gasteiger partial charge in [0.2, 0.25) is 0 Å². The zero-order chi connectivity index (χ0) is 12.5. The van der Waals surface area contributed by atoms with E-state index in [0.29, 0.717) is 0 Å². The molecule has 0 radical (unpaired) electrons. The Labute approximate surface area is 109 Å². The van der Waals surface area contributed by atoms with Gasteiger partial charge < -0.3 is 4.90 Å². The minimum atomic E-state index is 0.935. The molecule has 0 aromatic rings. The molecule has 1 saturated heterocycles. The average molecular weight is 239 g/mol. The second-order valence-electron chi connectivity index (χ2n) is 6.14. The van der Waals surface area contributed by atoms with Crippen molar-refractivity contribution in [3.8, 4) is 0 Å². The van der Waals surface area contributed by atoms with E-state index in [1.807, 2.05) is 0 Å². The fraction of sp³-hybridized carbons (Fsp3) is 1.00. The summed E-state index contributed by atoms with van der Waals surface area (Å²) in [4.78, 5) is 2.52. The van der Waals surface area contributed by atoms with Gasteiger partial charge in [-0.15, -0.1) is 0 Å². The molecule has 0 aromatic carbocycles. The highest BCUT2D eigenvalue weighted by Crippen LogP contribution is 2.29. The van der Waals surface area contributed by atoms with Gasteiger partial charge in [0.25, 0.3) is 0 Å². The summed E-state index contributed by atoms with van der Waals surface area (Å²) in [7, 11) is 0. The monoisotopic (exact) mass is 239 g/mol. The molecule has 0 spiro atoms. The van der Waals surface area contributed by atoms with Crippen LogP contribution in [0.3, 0.4) is 0 Å². The van der Waals surface area contributed by atoms with Gasteiger partial charge in [-0.25, -0.2) is 0 Å². The van der Waals surface area contributed by atoms with Crippen molar-refractivity contribution in [3.63, 3.8) is 0 Å². The standard InChI is InChI=1S/C9H18.C7H15N/c1-8(2)9-6-4-3-5-7-9;1-2-8-6-4-3-5-7-8/h8-9H,3-7H2,1-2H3;2-7H2,1H3. The number of hydrogen-bond donors (Lipinski definition) is 0. The Morgan fingerprint density at radius 1 is 0.882 bits per heavy atom. The lowest BCUT2D eigenvalue weighted by Gasteiger charge is -2.24. The Morgan fingerprint density at radius 3 is 1.76 bits per heavy atom. The summed E-state index contributed by atoms with van der Waals surface area (Å²) < 4.78 is 0. The van der Waals surface area contributed by atoms with Crippen LogP contribution in [0.25, 0.3) is 0 Å². The number of piperidine rings is 1. The normalized spacial score (nSPS) is 23.3. The van der Waals surface area contributed by atoms with Gasteiger partial charge in [-0.2, -0.15) is 0 Å². The summed E-state index contributed by atoms with van der Waals surface area (Å²) in [6.07, 6.45) is 11.8. The van der Waals surface area contributed by atoms with Crippen molar-refractivity contribution in [2.45, 2.75) is 72.1 Å². The van der Waals surface area contributed by atoms with E-state index in [-0.39, 0.29) is 0 Å². The lowest BCUT2D eigenvalue weighted by atomic mass is 9.82. The van der Waals surface area contributed by atoms with Gasteiger partial charge in [0, 0.05) is 0 Å². The molecule has 1 aliphatic carbocycles. The third-order valence-electron chi connectivity index (χ3n) is 4.49. The molecule has 0 N–H and O–H groups in total. The van der Waals surface area contributed by atoms with Crippen molar-refractivity contribution in [1.82, 2.24) is 4.90 Å². The highest BCUT2D eigenvalue weighted by Gasteiger charge is 2.15. The molecule has 1 heteroatoms. The Kier molecular flexibility index (Phi) is 7.92. The summed E-state index contributed by atoms with van der Waals surface area (Å²) >= 11 is 0. The Bertz CT molecular complexity index is 164. The van der Waals surface area contributed by atoms with Crippen LogP contribution in [0.15, 0.2) is 0 Å². The van der Waals surface area contributed by atoms with Crippen molar-refractivity contribution in [1.29, 1.82) is 0 Å². The van der Waals surface area contributed by atoms with E-state index in [0.717, 1.165) is 11.8 Å². The summed E-state index contributed by atoms with van der Waals surface area (Å²) in [5.41, 5.74) is 0. The molecule has 0 aromatic heterocycles. The molecule has 1 nitrogen and oxygen atoms in total. The van der Waals surface area contributed by atoms with Gasteiger partial charge in [0.05, 0.1) is 0 Å². The molecule has 0 bridgehead atoms. The maximum absolute atomic E-state index is 2.52. The average Bonchev–Trinajstić information content (AvgIpc) is 2.41. The molecule has 1 aliphatic heterocycles. The highest BCUT2D eigenvalue weighted by molar-refractivity contribution is 4.67. The molecule has 2 aliphatic rings. The molecule has 2 rings (SSSR count). The van der Waals surface area contributed by atoms with E-state index >= 15 is 0 Å². The van der Waals surface area contributed by atoms with Crippen LogP contribution < -0.4 is 0 Å². The number of rotatable bonds is 2. The van der Waals surface area contributed by atoms with E-state index in [1.54, 1.807) is 0 Å². The predicted molar refractivity (Wildman–Crippen MR) is 77.4 cm³/mol. The predicted octanol–water partition coefficient (Wildman–Crippen LogP) is 4.71. The zero-order valence-electron chi connectivity index (χ0n) is 12.4. The third kappa shape index (κ3) is 6.45. The Morgan fingerprint density at radius 2 is 1.41 bits per heavy atom. The molecule has 0 atom stereocenters. The summed E-state index contributed by atoms with van der Waals surface area (Å²) in [5.74, 6) is 1.99. The van der Waals surface area contributed by atoms with Crippen LogP contribution in [0, 0.1) is 11.8 Å². The highest BCUT2D eigenvalue weighted by atomic mass is 15.1. The van der Waals surface area contributed by atoms with E-state index < -0.39 is 0 Å². The lowest BCUT2D eigenvalue weighted by molar-refractivity contribution is 0.240. The topological polar surface area (TPSA) is 3.24 Å². The molecule has 2 fully saturated rings. The fourth-order valence-corrected chi connectivity index (χ4v) is 3.08. The van der Waals surface area contributed by atoms with Crippen LogP contribution in [0.4, 0.5) is 0 Å². The Balaban J connectivity index is 0.000000171. The minimum absolute atomic E-state index is 0.935. The maximum Gasteiger partial charge on any atom is -0.00188 e. The second kappa shape index (κ2) is 8.97.